The second kappa shape index (κ2) is 9.87. The van der Waals surface area contributed by atoms with Gasteiger partial charge in [-0.3, -0.25) is 4.79 Å². The minimum Gasteiger partial charge on any atom is -0.435 e. The Morgan fingerprint density at radius 3 is 2.79 bits per heavy atom. The summed E-state index contributed by atoms with van der Waals surface area (Å²) in [4.78, 5) is 14.6. The number of aryl methyl sites for hydroxylation is 1. The molecule has 1 aliphatic heterocycles. The Kier molecular flexibility index (Phi) is 7.25. The third-order valence-corrected chi connectivity index (χ3v) is 5.35. The summed E-state index contributed by atoms with van der Waals surface area (Å²) in [6, 6.07) is 15.3. The van der Waals surface area contributed by atoms with E-state index in [0.717, 1.165) is 23.9 Å². The van der Waals surface area contributed by atoms with Crippen molar-refractivity contribution in [1.29, 1.82) is 0 Å². The second-order valence-electron chi connectivity index (χ2n) is 6.76. The predicted molar refractivity (Wildman–Crippen MR) is 109 cm³/mol. The number of carbonyl (C=O) groups is 1. The monoisotopic (exact) mass is 452 g/mol. The molecule has 2 aromatic carbocycles. The van der Waals surface area contributed by atoms with Crippen LogP contribution in [0.25, 0.3) is 0 Å². The molecule has 0 radical (unpaired) electrons. The van der Waals surface area contributed by atoms with Gasteiger partial charge in [-0.05, 0) is 55.2 Å². The molecule has 28 heavy (non-hydrogen) atoms. The van der Waals surface area contributed by atoms with Crippen LogP contribution in [0.2, 0.25) is 0 Å². The number of hydrogen-bond acceptors (Lipinski definition) is 3. The number of nitrogens with zero attached hydrogens (tertiary/aromatic N) is 1. The average molecular weight is 453 g/mol. The van der Waals surface area contributed by atoms with Gasteiger partial charge in [0.25, 0.3) is 0 Å². The number of rotatable bonds is 8. The molecule has 150 valence electrons. The maximum atomic E-state index is 12.6. The van der Waals surface area contributed by atoms with Crippen molar-refractivity contribution >= 4 is 27.5 Å². The van der Waals surface area contributed by atoms with E-state index in [1.165, 1.54) is 11.8 Å². The lowest BCUT2D eigenvalue weighted by molar-refractivity contribution is -0.121. The molecule has 2 aromatic rings. The van der Waals surface area contributed by atoms with Gasteiger partial charge in [0, 0.05) is 35.7 Å². The smallest absolute Gasteiger partial charge is 0.387 e. The molecule has 1 fully saturated rings. The van der Waals surface area contributed by atoms with Crippen LogP contribution in [0, 0.1) is 0 Å². The Hall–Kier alpha value is -2.15. The maximum Gasteiger partial charge on any atom is 0.387 e. The van der Waals surface area contributed by atoms with Gasteiger partial charge in [-0.25, -0.2) is 0 Å². The van der Waals surface area contributed by atoms with E-state index in [0.29, 0.717) is 18.5 Å². The Balaban J connectivity index is 1.52. The SMILES string of the molecule is O=C(CCc1cc(Br)ccc1OC(F)F)NCC1CCCN1c1ccccc1. The number of para-hydroxylation sites is 1. The zero-order valence-corrected chi connectivity index (χ0v) is 17.0. The molecular formula is C21H23BrF2N2O2. The minimum atomic E-state index is -2.89. The summed E-state index contributed by atoms with van der Waals surface area (Å²) in [5, 5.41) is 2.99. The molecule has 1 unspecified atom stereocenters. The highest BCUT2D eigenvalue weighted by atomic mass is 79.9. The number of hydrogen-bond donors (Lipinski definition) is 1. The number of nitrogens with one attached hydrogen (secondary N) is 1. The van der Waals surface area contributed by atoms with Gasteiger partial charge in [-0.15, -0.1) is 0 Å². The first-order valence-corrected chi connectivity index (χ1v) is 10.1. The van der Waals surface area contributed by atoms with E-state index in [1.54, 1.807) is 12.1 Å². The lowest BCUT2D eigenvalue weighted by Gasteiger charge is -2.27. The molecule has 0 aromatic heterocycles. The summed E-state index contributed by atoms with van der Waals surface area (Å²) < 4.78 is 30.4. The number of carbonyl (C=O) groups excluding carboxylic acids is 1. The van der Waals surface area contributed by atoms with Crippen LogP contribution in [0.4, 0.5) is 14.5 Å². The van der Waals surface area contributed by atoms with Crippen molar-refractivity contribution in [2.45, 2.75) is 38.3 Å². The zero-order chi connectivity index (χ0) is 19.9. The molecule has 1 amide bonds. The summed E-state index contributed by atoms with van der Waals surface area (Å²) in [5.74, 6) is 0.0138. The Bertz CT molecular complexity index is 789. The van der Waals surface area contributed by atoms with Gasteiger partial charge < -0.3 is 15.0 Å². The van der Waals surface area contributed by atoms with Crippen LogP contribution in [-0.4, -0.2) is 31.7 Å². The normalized spacial score (nSPS) is 16.4. The summed E-state index contributed by atoms with van der Waals surface area (Å²) in [6.45, 7) is -1.33. The van der Waals surface area contributed by atoms with Crippen molar-refractivity contribution < 1.29 is 18.3 Å². The first kappa shape index (κ1) is 20.6. The molecule has 0 aliphatic carbocycles. The highest BCUT2D eigenvalue weighted by Crippen LogP contribution is 2.27. The fourth-order valence-electron chi connectivity index (χ4n) is 3.53. The van der Waals surface area contributed by atoms with Gasteiger partial charge in [0.15, 0.2) is 0 Å². The lowest BCUT2D eigenvalue weighted by Crippen LogP contribution is -2.40. The molecular weight excluding hydrogens is 430 g/mol. The van der Waals surface area contributed by atoms with Crippen LogP contribution in [0.5, 0.6) is 5.75 Å². The third-order valence-electron chi connectivity index (χ3n) is 4.86. The van der Waals surface area contributed by atoms with E-state index < -0.39 is 6.61 Å². The summed E-state index contributed by atoms with van der Waals surface area (Å²) in [5.41, 5.74) is 1.75. The van der Waals surface area contributed by atoms with Crippen molar-refractivity contribution in [3.8, 4) is 5.75 Å². The minimum absolute atomic E-state index is 0.0946. The molecule has 0 spiro atoms. The quantitative estimate of drug-likeness (QED) is 0.627. The predicted octanol–water partition coefficient (Wildman–Crippen LogP) is 4.77. The van der Waals surface area contributed by atoms with Crippen LogP contribution in [0.1, 0.15) is 24.8 Å². The summed E-state index contributed by atoms with van der Waals surface area (Å²) >= 11 is 3.32. The van der Waals surface area contributed by atoms with E-state index in [-0.39, 0.29) is 24.1 Å². The van der Waals surface area contributed by atoms with Gasteiger partial charge >= 0.3 is 6.61 Å². The van der Waals surface area contributed by atoms with Crippen molar-refractivity contribution in [3.63, 3.8) is 0 Å². The zero-order valence-electron chi connectivity index (χ0n) is 15.4. The number of amides is 1. The summed E-state index contributed by atoms with van der Waals surface area (Å²) in [6.07, 6.45) is 2.68. The van der Waals surface area contributed by atoms with E-state index in [4.69, 9.17) is 0 Å². The van der Waals surface area contributed by atoms with Crippen LogP contribution in [0.3, 0.4) is 0 Å². The van der Waals surface area contributed by atoms with Crippen molar-refractivity contribution in [3.05, 3.63) is 58.6 Å². The van der Waals surface area contributed by atoms with E-state index in [9.17, 15) is 13.6 Å². The molecule has 1 heterocycles. The molecule has 0 saturated carbocycles. The van der Waals surface area contributed by atoms with Crippen LogP contribution in [0.15, 0.2) is 53.0 Å². The standard InChI is InChI=1S/C21H23BrF2N2O2/c22-16-9-10-19(28-21(23)24)15(13-16)8-11-20(27)25-14-18-7-4-12-26(18)17-5-2-1-3-6-17/h1-3,5-6,9-10,13,18,21H,4,7-8,11-12,14H2,(H,25,27). The molecule has 1 aliphatic rings. The number of alkyl halides is 2. The van der Waals surface area contributed by atoms with E-state index in [2.05, 4.69) is 43.0 Å². The van der Waals surface area contributed by atoms with Gasteiger partial charge in [-0.1, -0.05) is 34.1 Å². The number of halogens is 3. The second-order valence-corrected chi connectivity index (χ2v) is 7.68. The van der Waals surface area contributed by atoms with Crippen LogP contribution < -0.4 is 15.0 Å². The van der Waals surface area contributed by atoms with E-state index >= 15 is 0 Å². The fraction of sp³-hybridized carbons (Fsp3) is 0.381. The summed E-state index contributed by atoms with van der Waals surface area (Å²) in [7, 11) is 0. The molecule has 4 nitrogen and oxygen atoms in total. The molecule has 1 atom stereocenters. The molecule has 1 N–H and O–H groups in total. The van der Waals surface area contributed by atoms with Crippen molar-refractivity contribution in [1.82, 2.24) is 5.32 Å². The Morgan fingerprint density at radius 1 is 1.25 bits per heavy atom. The highest BCUT2D eigenvalue weighted by molar-refractivity contribution is 9.10. The highest BCUT2D eigenvalue weighted by Gasteiger charge is 2.25. The van der Waals surface area contributed by atoms with Gasteiger partial charge in [-0.2, -0.15) is 8.78 Å². The van der Waals surface area contributed by atoms with Crippen LogP contribution >= 0.6 is 15.9 Å². The topological polar surface area (TPSA) is 41.6 Å². The Morgan fingerprint density at radius 2 is 2.04 bits per heavy atom. The largest absolute Gasteiger partial charge is 0.435 e. The van der Waals surface area contributed by atoms with Gasteiger partial charge in [0.1, 0.15) is 5.75 Å². The van der Waals surface area contributed by atoms with Gasteiger partial charge in [0.05, 0.1) is 0 Å². The van der Waals surface area contributed by atoms with Crippen LogP contribution in [-0.2, 0) is 11.2 Å². The molecule has 3 rings (SSSR count). The first-order chi connectivity index (χ1) is 13.5. The first-order valence-electron chi connectivity index (χ1n) is 9.34. The third kappa shape index (κ3) is 5.67. The number of benzene rings is 2. The molecule has 1 saturated heterocycles. The van der Waals surface area contributed by atoms with Gasteiger partial charge in [0.2, 0.25) is 5.91 Å². The molecule has 0 bridgehead atoms. The van der Waals surface area contributed by atoms with E-state index in [1.807, 2.05) is 18.2 Å². The number of ether oxygens (including phenoxy) is 1. The number of anilines is 1. The average Bonchev–Trinajstić information content (AvgIpc) is 3.15. The fourth-order valence-corrected chi connectivity index (χ4v) is 3.94. The maximum absolute atomic E-state index is 12.6. The van der Waals surface area contributed by atoms with Crippen molar-refractivity contribution in [2.24, 2.45) is 0 Å². The lowest BCUT2D eigenvalue weighted by atomic mass is 10.1. The van der Waals surface area contributed by atoms with Crippen molar-refractivity contribution in [2.75, 3.05) is 18.0 Å². The Labute approximate surface area is 172 Å². The molecule has 7 heteroatoms.